The number of nitrogens with one attached hydrogen (secondary N) is 1. The van der Waals surface area contributed by atoms with Gasteiger partial charge in [-0.05, 0) is 18.9 Å². The van der Waals surface area contributed by atoms with Gasteiger partial charge in [0.15, 0.2) is 5.01 Å². The predicted molar refractivity (Wildman–Crippen MR) is 72.1 cm³/mol. The van der Waals surface area contributed by atoms with Crippen LogP contribution in [0.5, 0.6) is 0 Å². The van der Waals surface area contributed by atoms with Crippen LogP contribution < -0.4 is 11.3 Å². The van der Waals surface area contributed by atoms with Gasteiger partial charge in [-0.15, -0.1) is 11.3 Å². The summed E-state index contributed by atoms with van der Waals surface area (Å²) in [6.45, 7) is 1.96. The molecule has 0 fully saturated rings. The third-order valence-electron chi connectivity index (χ3n) is 2.83. The van der Waals surface area contributed by atoms with Crippen molar-refractivity contribution in [3.63, 3.8) is 0 Å². The molecule has 1 heterocycles. The first-order chi connectivity index (χ1) is 9.40. The lowest BCUT2D eigenvalue weighted by molar-refractivity contribution is -0.137. The van der Waals surface area contributed by atoms with Crippen molar-refractivity contribution in [1.82, 2.24) is 10.4 Å². The Hall–Kier alpha value is -1.44. The minimum absolute atomic E-state index is 0.384. The van der Waals surface area contributed by atoms with Crippen LogP contribution in [0.2, 0.25) is 0 Å². The molecule has 0 saturated heterocycles. The molecule has 0 amide bonds. The summed E-state index contributed by atoms with van der Waals surface area (Å²) >= 11 is 0.617. The van der Waals surface area contributed by atoms with E-state index in [1.54, 1.807) is 0 Å². The molecular formula is C13H14F3N3S. The number of halogens is 3. The Morgan fingerprint density at radius 3 is 2.70 bits per heavy atom. The summed E-state index contributed by atoms with van der Waals surface area (Å²) < 4.78 is 37.6. The molecular weight excluding hydrogens is 287 g/mol. The standard InChI is InChI=1S/C13H14F3N3S/c1-8-3-2-4-9(5-8)6-10(19-17)11-7-18-12(20-11)13(14,15)16/h2-5,7,10,19H,6,17H2,1H3. The number of alkyl halides is 3. The zero-order valence-corrected chi connectivity index (χ0v) is 11.6. The molecule has 0 aliphatic rings. The van der Waals surface area contributed by atoms with Crippen molar-refractivity contribution < 1.29 is 13.2 Å². The summed E-state index contributed by atoms with van der Waals surface area (Å²) in [7, 11) is 0. The monoisotopic (exact) mass is 301 g/mol. The van der Waals surface area contributed by atoms with E-state index >= 15 is 0 Å². The summed E-state index contributed by atoms with van der Waals surface area (Å²) in [5.74, 6) is 5.46. The van der Waals surface area contributed by atoms with Gasteiger partial charge in [0.05, 0.1) is 6.04 Å². The first-order valence-corrected chi connectivity index (χ1v) is 6.76. The minimum Gasteiger partial charge on any atom is -0.271 e. The van der Waals surface area contributed by atoms with E-state index in [-0.39, 0.29) is 6.04 Å². The van der Waals surface area contributed by atoms with E-state index in [4.69, 9.17) is 5.84 Å². The summed E-state index contributed by atoms with van der Waals surface area (Å²) in [5.41, 5.74) is 4.66. The quantitative estimate of drug-likeness (QED) is 0.673. The van der Waals surface area contributed by atoms with Crippen LogP contribution in [0.15, 0.2) is 30.5 Å². The van der Waals surface area contributed by atoms with Crippen LogP contribution in [0.25, 0.3) is 0 Å². The Kier molecular flexibility index (Phi) is 4.42. The highest BCUT2D eigenvalue weighted by atomic mass is 32.1. The first kappa shape index (κ1) is 15.0. The van der Waals surface area contributed by atoms with E-state index < -0.39 is 11.2 Å². The first-order valence-electron chi connectivity index (χ1n) is 5.94. The van der Waals surface area contributed by atoms with Gasteiger partial charge in [0.2, 0.25) is 0 Å². The Morgan fingerprint density at radius 2 is 2.15 bits per heavy atom. The van der Waals surface area contributed by atoms with Crippen LogP contribution in [0.1, 0.15) is 27.1 Å². The Morgan fingerprint density at radius 1 is 1.40 bits per heavy atom. The van der Waals surface area contributed by atoms with E-state index in [1.165, 1.54) is 6.20 Å². The fourth-order valence-corrected chi connectivity index (χ4v) is 2.74. The molecule has 20 heavy (non-hydrogen) atoms. The zero-order chi connectivity index (χ0) is 14.8. The topological polar surface area (TPSA) is 50.9 Å². The highest BCUT2D eigenvalue weighted by molar-refractivity contribution is 7.11. The molecule has 1 unspecified atom stereocenters. The van der Waals surface area contributed by atoms with Gasteiger partial charge >= 0.3 is 6.18 Å². The normalized spacial score (nSPS) is 13.4. The Bertz CT molecular complexity index is 580. The zero-order valence-electron chi connectivity index (χ0n) is 10.7. The van der Waals surface area contributed by atoms with Crippen LogP contribution >= 0.6 is 11.3 Å². The van der Waals surface area contributed by atoms with E-state index in [1.807, 2.05) is 31.2 Å². The number of benzene rings is 1. The Balaban J connectivity index is 2.18. The second kappa shape index (κ2) is 5.90. The summed E-state index contributed by atoms with van der Waals surface area (Å²) in [4.78, 5) is 3.89. The number of hydrazine groups is 1. The molecule has 3 nitrogen and oxygen atoms in total. The van der Waals surface area contributed by atoms with Crippen LogP contribution in [0.4, 0.5) is 13.2 Å². The molecule has 0 radical (unpaired) electrons. The highest BCUT2D eigenvalue weighted by Gasteiger charge is 2.35. The molecule has 7 heteroatoms. The van der Waals surface area contributed by atoms with Gasteiger partial charge in [-0.25, -0.2) is 4.98 Å². The molecule has 2 aromatic rings. The lowest BCUT2D eigenvalue weighted by atomic mass is 10.0. The van der Waals surface area contributed by atoms with Crippen molar-refractivity contribution in [3.05, 3.63) is 51.5 Å². The summed E-state index contributed by atoms with van der Waals surface area (Å²) in [6, 6.07) is 7.39. The van der Waals surface area contributed by atoms with Crippen molar-refractivity contribution in [2.75, 3.05) is 0 Å². The van der Waals surface area contributed by atoms with E-state index in [0.717, 1.165) is 11.1 Å². The van der Waals surface area contributed by atoms with Gasteiger partial charge < -0.3 is 0 Å². The Labute approximate surface area is 118 Å². The second-order valence-corrected chi connectivity index (χ2v) is 5.54. The fourth-order valence-electron chi connectivity index (χ4n) is 1.90. The van der Waals surface area contributed by atoms with Crippen molar-refractivity contribution >= 4 is 11.3 Å². The maximum absolute atomic E-state index is 12.5. The average molecular weight is 301 g/mol. The number of nitrogens with two attached hydrogens (primary N) is 1. The molecule has 0 aliphatic heterocycles. The molecule has 0 saturated carbocycles. The number of thiazole rings is 1. The minimum atomic E-state index is -4.41. The van der Waals surface area contributed by atoms with Crippen molar-refractivity contribution in [3.8, 4) is 0 Å². The third kappa shape index (κ3) is 3.56. The number of rotatable bonds is 4. The molecule has 2 rings (SSSR count). The number of hydrogen-bond donors (Lipinski definition) is 2. The average Bonchev–Trinajstić information content (AvgIpc) is 2.85. The van der Waals surface area contributed by atoms with Crippen LogP contribution in [-0.4, -0.2) is 4.98 Å². The number of hydrogen-bond acceptors (Lipinski definition) is 4. The maximum atomic E-state index is 12.5. The molecule has 1 aromatic heterocycles. The van der Waals surface area contributed by atoms with E-state index in [9.17, 15) is 13.2 Å². The molecule has 0 spiro atoms. The summed E-state index contributed by atoms with van der Waals surface area (Å²) in [5, 5.41) is -0.850. The van der Waals surface area contributed by atoms with E-state index in [2.05, 4.69) is 10.4 Å². The number of aromatic nitrogens is 1. The van der Waals surface area contributed by atoms with Crippen LogP contribution in [0.3, 0.4) is 0 Å². The molecule has 108 valence electrons. The van der Waals surface area contributed by atoms with Gasteiger partial charge in [0.25, 0.3) is 0 Å². The van der Waals surface area contributed by atoms with Gasteiger partial charge in [0, 0.05) is 11.1 Å². The predicted octanol–water partition coefficient (Wildman–Crippen LogP) is 3.22. The molecule has 1 aromatic carbocycles. The lowest BCUT2D eigenvalue weighted by Gasteiger charge is -2.14. The maximum Gasteiger partial charge on any atom is 0.443 e. The summed E-state index contributed by atoms with van der Waals surface area (Å²) in [6.07, 6.45) is -2.67. The van der Waals surface area contributed by atoms with E-state index in [0.29, 0.717) is 22.6 Å². The molecule has 0 bridgehead atoms. The third-order valence-corrected chi connectivity index (χ3v) is 3.99. The molecule has 3 N–H and O–H groups in total. The second-order valence-electron chi connectivity index (χ2n) is 4.48. The van der Waals surface area contributed by atoms with Gasteiger partial charge in [-0.1, -0.05) is 29.8 Å². The lowest BCUT2D eigenvalue weighted by Crippen LogP contribution is -2.29. The molecule has 0 aliphatic carbocycles. The molecule has 1 atom stereocenters. The fraction of sp³-hybridized carbons (Fsp3) is 0.308. The van der Waals surface area contributed by atoms with Crippen LogP contribution in [0, 0.1) is 6.92 Å². The van der Waals surface area contributed by atoms with Crippen LogP contribution in [-0.2, 0) is 12.6 Å². The van der Waals surface area contributed by atoms with Crippen molar-refractivity contribution in [2.45, 2.75) is 25.6 Å². The number of aryl methyl sites for hydroxylation is 1. The van der Waals surface area contributed by atoms with Crippen molar-refractivity contribution in [1.29, 1.82) is 0 Å². The van der Waals surface area contributed by atoms with Gasteiger partial charge in [0.1, 0.15) is 0 Å². The highest BCUT2D eigenvalue weighted by Crippen LogP contribution is 2.34. The number of nitrogens with zero attached hydrogens (tertiary/aromatic N) is 1. The van der Waals surface area contributed by atoms with Gasteiger partial charge in [-0.2, -0.15) is 13.2 Å². The van der Waals surface area contributed by atoms with Gasteiger partial charge in [-0.3, -0.25) is 11.3 Å². The van der Waals surface area contributed by atoms with Crippen molar-refractivity contribution in [2.24, 2.45) is 5.84 Å². The smallest absolute Gasteiger partial charge is 0.271 e. The SMILES string of the molecule is Cc1cccc(CC(NN)c2cnc(C(F)(F)F)s2)c1. The largest absolute Gasteiger partial charge is 0.443 e.